The molecule has 10 heteroatoms. The fourth-order valence-corrected chi connectivity index (χ4v) is 5.33. The molecule has 2 heterocycles. The van der Waals surface area contributed by atoms with E-state index in [1.54, 1.807) is 7.05 Å². The van der Waals surface area contributed by atoms with Gasteiger partial charge in [0.1, 0.15) is 0 Å². The Balaban J connectivity index is 1.60. The topological polar surface area (TPSA) is 88.4 Å². The number of hydrogen-bond donors (Lipinski definition) is 0. The van der Waals surface area contributed by atoms with E-state index in [0.29, 0.717) is 31.7 Å². The SMILES string of the molecule is CCn1c(SCC(=O)N2CCC(N(C)S(C)(=O)=O)CC2)nnc1-c1ccccc1C. The second kappa shape index (κ2) is 9.49. The molecule has 0 unspecified atom stereocenters. The van der Waals surface area contributed by atoms with Crippen LogP contribution in [0.25, 0.3) is 11.4 Å². The number of likely N-dealkylation sites (tertiary alicyclic amines) is 1. The van der Waals surface area contributed by atoms with Crippen LogP contribution in [0.2, 0.25) is 0 Å². The summed E-state index contributed by atoms with van der Waals surface area (Å²) in [5.41, 5.74) is 2.18. The maximum atomic E-state index is 12.7. The Morgan fingerprint density at radius 1 is 1.23 bits per heavy atom. The first-order valence-electron chi connectivity index (χ1n) is 10.0. The average Bonchev–Trinajstić information content (AvgIpc) is 3.14. The Labute approximate surface area is 182 Å². The van der Waals surface area contributed by atoms with Crippen molar-refractivity contribution in [3.8, 4) is 11.4 Å². The Morgan fingerprint density at radius 2 is 1.90 bits per heavy atom. The number of piperidine rings is 1. The van der Waals surface area contributed by atoms with Crippen LogP contribution in [0.5, 0.6) is 0 Å². The molecule has 30 heavy (non-hydrogen) atoms. The van der Waals surface area contributed by atoms with Crippen LogP contribution in [-0.4, -0.2) is 76.5 Å². The molecule has 0 radical (unpaired) electrons. The molecule has 1 saturated heterocycles. The monoisotopic (exact) mass is 451 g/mol. The number of amides is 1. The predicted octanol–water partition coefficient (Wildman–Crippen LogP) is 2.25. The molecule has 8 nitrogen and oxygen atoms in total. The van der Waals surface area contributed by atoms with Crippen molar-refractivity contribution in [2.75, 3.05) is 32.1 Å². The lowest BCUT2D eigenvalue weighted by atomic mass is 10.1. The summed E-state index contributed by atoms with van der Waals surface area (Å²) in [7, 11) is -1.60. The van der Waals surface area contributed by atoms with Gasteiger partial charge in [0.2, 0.25) is 15.9 Å². The molecule has 164 valence electrons. The van der Waals surface area contributed by atoms with Crippen molar-refractivity contribution in [1.29, 1.82) is 0 Å². The summed E-state index contributed by atoms with van der Waals surface area (Å²) in [5, 5.41) is 9.41. The highest BCUT2D eigenvalue weighted by Crippen LogP contribution is 2.27. The number of nitrogens with zero attached hydrogens (tertiary/aromatic N) is 5. The molecule has 1 fully saturated rings. The van der Waals surface area contributed by atoms with E-state index in [0.717, 1.165) is 28.7 Å². The summed E-state index contributed by atoms with van der Waals surface area (Å²) in [6.45, 7) is 5.94. The van der Waals surface area contributed by atoms with Gasteiger partial charge in [-0.15, -0.1) is 10.2 Å². The average molecular weight is 452 g/mol. The summed E-state index contributed by atoms with van der Waals surface area (Å²) in [6.07, 6.45) is 2.53. The van der Waals surface area contributed by atoms with Crippen molar-refractivity contribution >= 4 is 27.7 Å². The van der Waals surface area contributed by atoms with E-state index >= 15 is 0 Å². The summed E-state index contributed by atoms with van der Waals surface area (Å²) < 4.78 is 26.9. The fourth-order valence-electron chi connectivity index (χ4n) is 3.67. The molecule has 2 aromatic rings. The highest BCUT2D eigenvalue weighted by Gasteiger charge is 2.29. The number of sulfonamides is 1. The molecule has 1 aliphatic rings. The number of carbonyl (C=O) groups excluding carboxylic acids is 1. The van der Waals surface area contributed by atoms with E-state index in [1.807, 2.05) is 47.6 Å². The van der Waals surface area contributed by atoms with E-state index in [-0.39, 0.29) is 11.9 Å². The van der Waals surface area contributed by atoms with Crippen LogP contribution in [0.15, 0.2) is 29.4 Å². The standard InChI is InChI=1S/C20H29N5O3S2/c1-5-25-19(17-9-7-6-8-15(17)2)21-22-20(25)29-14-18(26)24-12-10-16(11-13-24)23(3)30(4,27)28/h6-9,16H,5,10-14H2,1-4H3. The summed E-state index contributed by atoms with van der Waals surface area (Å²) in [4.78, 5) is 14.5. The van der Waals surface area contributed by atoms with Crippen LogP contribution in [0, 0.1) is 6.92 Å². The van der Waals surface area contributed by atoms with Gasteiger partial charge in [0.05, 0.1) is 12.0 Å². The van der Waals surface area contributed by atoms with Crippen LogP contribution >= 0.6 is 11.8 Å². The van der Waals surface area contributed by atoms with Gasteiger partial charge in [-0.3, -0.25) is 4.79 Å². The van der Waals surface area contributed by atoms with Crippen molar-refractivity contribution in [3.05, 3.63) is 29.8 Å². The van der Waals surface area contributed by atoms with Crippen molar-refractivity contribution in [2.45, 2.75) is 44.4 Å². The number of rotatable bonds is 7. The molecule has 0 saturated carbocycles. The minimum atomic E-state index is -3.21. The predicted molar refractivity (Wildman–Crippen MR) is 119 cm³/mol. The maximum Gasteiger partial charge on any atom is 0.233 e. The molecule has 1 amide bonds. The number of benzene rings is 1. The molecule has 1 aromatic heterocycles. The van der Waals surface area contributed by atoms with Crippen molar-refractivity contribution < 1.29 is 13.2 Å². The third-order valence-corrected chi connectivity index (χ3v) is 7.89. The molecule has 1 aromatic carbocycles. The lowest BCUT2D eigenvalue weighted by Gasteiger charge is -2.35. The highest BCUT2D eigenvalue weighted by atomic mass is 32.2. The van der Waals surface area contributed by atoms with Crippen LogP contribution in [0.1, 0.15) is 25.3 Å². The minimum absolute atomic E-state index is 0.0448. The van der Waals surface area contributed by atoms with E-state index < -0.39 is 10.0 Å². The van der Waals surface area contributed by atoms with Gasteiger partial charge in [0.15, 0.2) is 11.0 Å². The summed E-state index contributed by atoms with van der Waals surface area (Å²) >= 11 is 1.40. The van der Waals surface area contributed by atoms with Crippen LogP contribution in [0.3, 0.4) is 0 Å². The first-order chi connectivity index (χ1) is 14.2. The largest absolute Gasteiger partial charge is 0.342 e. The first kappa shape index (κ1) is 22.8. The Kier molecular flexibility index (Phi) is 7.20. The van der Waals surface area contributed by atoms with Gasteiger partial charge in [-0.1, -0.05) is 36.0 Å². The second-order valence-corrected chi connectivity index (χ2v) is 10.5. The molecular weight excluding hydrogens is 422 g/mol. The van der Waals surface area contributed by atoms with Crippen molar-refractivity contribution in [1.82, 2.24) is 24.0 Å². The number of carbonyl (C=O) groups is 1. The third kappa shape index (κ3) is 5.04. The van der Waals surface area contributed by atoms with E-state index in [4.69, 9.17) is 0 Å². The fraction of sp³-hybridized carbons (Fsp3) is 0.550. The number of aromatic nitrogens is 3. The van der Waals surface area contributed by atoms with Crippen LogP contribution in [-0.2, 0) is 21.4 Å². The molecule has 3 rings (SSSR count). The minimum Gasteiger partial charge on any atom is -0.342 e. The third-order valence-electron chi connectivity index (χ3n) is 5.60. The summed E-state index contributed by atoms with van der Waals surface area (Å²) in [5.74, 6) is 1.15. The Morgan fingerprint density at radius 3 is 2.50 bits per heavy atom. The maximum absolute atomic E-state index is 12.7. The van der Waals surface area contributed by atoms with E-state index in [2.05, 4.69) is 10.2 Å². The number of aryl methyl sites for hydroxylation is 1. The van der Waals surface area contributed by atoms with Gasteiger partial charge < -0.3 is 9.47 Å². The van der Waals surface area contributed by atoms with Crippen LogP contribution < -0.4 is 0 Å². The Hall–Kier alpha value is -1.91. The van der Waals surface area contributed by atoms with Gasteiger partial charge in [0.25, 0.3) is 0 Å². The van der Waals surface area contributed by atoms with E-state index in [1.165, 1.54) is 22.3 Å². The van der Waals surface area contributed by atoms with Gasteiger partial charge in [-0.2, -0.15) is 0 Å². The summed E-state index contributed by atoms with van der Waals surface area (Å²) in [6, 6.07) is 8.01. The highest BCUT2D eigenvalue weighted by molar-refractivity contribution is 7.99. The molecule has 0 atom stereocenters. The van der Waals surface area contributed by atoms with Crippen molar-refractivity contribution in [3.63, 3.8) is 0 Å². The van der Waals surface area contributed by atoms with Gasteiger partial charge in [0, 0.05) is 38.3 Å². The zero-order valence-corrected chi connectivity index (χ0v) is 19.5. The van der Waals surface area contributed by atoms with Gasteiger partial charge in [-0.05, 0) is 32.3 Å². The molecule has 0 bridgehead atoms. The van der Waals surface area contributed by atoms with Crippen molar-refractivity contribution in [2.24, 2.45) is 0 Å². The lowest BCUT2D eigenvalue weighted by Crippen LogP contribution is -2.47. The lowest BCUT2D eigenvalue weighted by molar-refractivity contribution is -0.129. The smallest absolute Gasteiger partial charge is 0.233 e. The molecule has 0 aliphatic carbocycles. The first-order valence-corrected chi connectivity index (χ1v) is 12.9. The quantitative estimate of drug-likeness (QED) is 0.600. The molecule has 0 spiro atoms. The molecular formula is C20H29N5O3S2. The Bertz CT molecular complexity index is 998. The zero-order valence-electron chi connectivity index (χ0n) is 17.9. The zero-order chi connectivity index (χ0) is 21.9. The van der Waals surface area contributed by atoms with Crippen LogP contribution in [0.4, 0.5) is 0 Å². The van der Waals surface area contributed by atoms with E-state index in [9.17, 15) is 13.2 Å². The number of thioether (sulfide) groups is 1. The number of hydrogen-bond acceptors (Lipinski definition) is 6. The normalized spacial score (nSPS) is 15.7. The molecule has 1 aliphatic heterocycles. The molecule has 0 N–H and O–H groups in total. The van der Waals surface area contributed by atoms with Gasteiger partial charge >= 0.3 is 0 Å². The second-order valence-electron chi connectivity index (χ2n) is 7.55. The van der Waals surface area contributed by atoms with Gasteiger partial charge in [-0.25, -0.2) is 12.7 Å².